The molecule has 3 heteroatoms. The maximum absolute atomic E-state index is 11.7. The Kier molecular flexibility index (Phi) is 3.40. The van der Waals surface area contributed by atoms with E-state index in [4.69, 9.17) is 4.74 Å². The molecule has 0 N–H and O–H groups in total. The van der Waals surface area contributed by atoms with Crippen molar-refractivity contribution < 1.29 is 9.53 Å². The molecule has 2 rings (SSSR count). The summed E-state index contributed by atoms with van der Waals surface area (Å²) in [5.41, 5.74) is 0. The first kappa shape index (κ1) is 9.97. The van der Waals surface area contributed by atoms with Gasteiger partial charge < -0.3 is 9.64 Å². The van der Waals surface area contributed by atoms with Crippen molar-refractivity contribution in [2.24, 2.45) is 0 Å². The Hall–Kier alpha value is -0.570. The summed E-state index contributed by atoms with van der Waals surface area (Å²) in [6.45, 7) is 2.84. The molecular weight excluding hydrogens is 178 g/mol. The molecule has 1 atom stereocenters. The van der Waals surface area contributed by atoms with Crippen LogP contribution in [-0.2, 0) is 9.53 Å². The van der Waals surface area contributed by atoms with Gasteiger partial charge in [-0.05, 0) is 32.1 Å². The molecule has 0 aromatic rings. The first-order chi connectivity index (χ1) is 6.86. The molecule has 0 bridgehead atoms. The van der Waals surface area contributed by atoms with E-state index in [1.165, 1.54) is 19.3 Å². The predicted molar refractivity (Wildman–Crippen MR) is 54.0 cm³/mol. The predicted octanol–water partition coefficient (Wildman–Crippen LogP) is 1.57. The number of hydrogen-bond acceptors (Lipinski definition) is 2. The molecule has 3 nitrogen and oxygen atoms in total. The van der Waals surface area contributed by atoms with Crippen molar-refractivity contribution in [2.45, 2.75) is 44.6 Å². The summed E-state index contributed by atoms with van der Waals surface area (Å²) in [5, 5.41) is 0. The van der Waals surface area contributed by atoms with E-state index in [-0.39, 0.29) is 0 Å². The van der Waals surface area contributed by atoms with Gasteiger partial charge in [-0.1, -0.05) is 0 Å². The smallest absolute Gasteiger partial charge is 0.222 e. The molecular formula is C11H19NO2. The second-order valence-electron chi connectivity index (χ2n) is 4.26. The number of carbonyl (C=O) groups excluding carboxylic acids is 1. The summed E-state index contributed by atoms with van der Waals surface area (Å²) in [6.07, 6.45) is 6.66. The molecule has 2 saturated heterocycles. The fourth-order valence-corrected chi connectivity index (χ4v) is 2.28. The van der Waals surface area contributed by atoms with Crippen LogP contribution in [0.2, 0.25) is 0 Å². The van der Waals surface area contributed by atoms with Crippen LogP contribution in [0, 0.1) is 0 Å². The number of rotatable bonds is 3. The van der Waals surface area contributed by atoms with Crippen molar-refractivity contribution in [3.63, 3.8) is 0 Å². The van der Waals surface area contributed by atoms with Gasteiger partial charge in [0.2, 0.25) is 5.91 Å². The fraction of sp³-hybridized carbons (Fsp3) is 0.909. The summed E-state index contributed by atoms with van der Waals surface area (Å²) >= 11 is 0. The van der Waals surface area contributed by atoms with E-state index in [9.17, 15) is 4.79 Å². The summed E-state index contributed by atoms with van der Waals surface area (Å²) < 4.78 is 5.50. The number of hydrogen-bond donors (Lipinski definition) is 0. The van der Waals surface area contributed by atoms with Crippen molar-refractivity contribution >= 4 is 5.91 Å². The van der Waals surface area contributed by atoms with Gasteiger partial charge in [-0.3, -0.25) is 4.79 Å². The van der Waals surface area contributed by atoms with Crippen LogP contribution in [0.15, 0.2) is 0 Å². The van der Waals surface area contributed by atoms with Crippen LogP contribution in [0.5, 0.6) is 0 Å². The van der Waals surface area contributed by atoms with E-state index in [1.54, 1.807) is 0 Å². The average Bonchev–Trinajstić information content (AvgIpc) is 2.87. The lowest BCUT2D eigenvalue weighted by molar-refractivity contribution is -0.130. The molecule has 0 saturated carbocycles. The van der Waals surface area contributed by atoms with Crippen LogP contribution < -0.4 is 0 Å². The van der Waals surface area contributed by atoms with Gasteiger partial charge in [0.1, 0.15) is 0 Å². The molecule has 2 aliphatic heterocycles. The normalized spacial score (nSPS) is 27.1. The van der Waals surface area contributed by atoms with Crippen LogP contribution in [0.25, 0.3) is 0 Å². The van der Waals surface area contributed by atoms with Crippen LogP contribution in [0.4, 0.5) is 0 Å². The molecule has 2 heterocycles. The molecule has 1 amide bonds. The van der Waals surface area contributed by atoms with E-state index in [1.807, 2.05) is 4.90 Å². The van der Waals surface area contributed by atoms with Crippen molar-refractivity contribution in [1.82, 2.24) is 4.90 Å². The third-order valence-corrected chi connectivity index (χ3v) is 3.16. The lowest BCUT2D eigenvalue weighted by atomic mass is 10.1. The largest absolute Gasteiger partial charge is 0.378 e. The molecule has 0 radical (unpaired) electrons. The zero-order valence-corrected chi connectivity index (χ0v) is 8.71. The zero-order chi connectivity index (χ0) is 9.80. The fourth-order valence-electron chi connectivity index (χ4n) is 2.28. The Bertz CT molecular complexity index is 193. The minimum Gasteiger partial charge on any atom is -0.378 e. The van der Waals surface area contributed by atoms with E-state index in [0.29, 0.717) is 18.4 Å². The summed E-state index contributed by atoms with van der Waals surface area (Å²) in [5.74, 6) is 0.331. The molecule has 0 aromatic carbocycles. The van der Waals surface area contributed by atoms with E-state index >= 15 is 0 Å². The summed E-state index contributed by atoms with van der Waals surface area (Å²) in [7, 11) is 0. The van der Waals surface area contributed by atoms with Crippen molar-refractivity contribution in [3.05, 3.63) is 0 Å². The number of likely N-dealkylation sites (tertiary alicyclic amines) is 1. The molecule has 1 unspecified atom stereocenters. The van der Waals surface area contributed by atoms with E-state index < -0.39 is 0 Å². The lowest BCUT2D eigenvalue weighted by Gasteiger charge is -2.16. The molecule has 2 aliphatic rings. The van der Waals surface area contributed by atoms with Crippen LogP contribution in [0.1, 0.15) is 38.5 Å². The highest BCUT2D eigenvalue weighted by Crippen LogP contribution is 2.18. The Morgan fingerprint density at radius 2 is 2.07 bits per heavy atom. The van der Waals surface area contributed by atoms with E-state index in [0.717, 1.165) is 32.5 Å². The van der Waals surface area contributed by atoms with Crippen LogP contribution in [0.3, 0.4) is 0 Å². The first-order valence-corrected chi connectivity index (χ1v) is 5.75. The maximum atomic E-state index is 11.7. The molecule has 0 aliphatic carbocycles. The van der Waals surface area contributed by atoms with Crippen molar-refractivity contribution in [1.29, 1.82) is 0 Å². The van der Waals surface area contributed by atoms with Gasteiger partial charge in [0, 0.05) is 26.1 Å². The van der Waals surface area contributed by atoms with Gasteiger partial charge in [0.25, 0.3) is 0 Å². The van der Waals surface area contributed by atoms with E-state index in [2.05, 4.69) is 0 Å². The highest BCUT2D eigenvalue weighted by atomic mass is 16.5. The first-order valence-electron chi connectivity index (χ1n) is 5.75. The van der Waals surface area contributed by atoms with Crippen LogP contribution >= 0.6 is 0 Å². The second-order valence-corrected chi connectivity index (χ2v) is 4.26. The summed E-state index contributed by atoms with van der Waals surface area (Å²) in [6, 6.07) is 0. The van der Waals surface area contributed by atoms with Gasteiger partial charge in [-0.2, -0.15) is 0 Å². The highest BCUT2D eigenvalue weighted by molar-refractivity contribution is 5.76. The number of ether oxygens (including phenoxy) is 1. The Labute approximate surface area is 85.4 Å². The van der Waals surface area contributed by atoms with Gasteiger partial charge in [0.15, 0.2) is 0 Å². The monoisotopic (exact) mass is 197 g/mol. The Morgan fingerprint density at radius 1 is 1.29 bits per heavy atom. The second kappa shape index (κ2) is 4.78. The third kappa shape index (κ3) is 2.47. The van der Waals surface area contributed by atoms with Crippen LogP contribution in [-0.4, -0.2) is 36.6 Å². The summed E-state index contributed by atoms with van der Waals surface area (Å²) in [4.78, 5) is 13.7. The Balaban J connectivity index is 1.66. The SMILES string of the molecule is O=C(CCC1CCCO1)N1CCCC1. The zero-order valence-electron chi connectivity index (χ0n) is 8.71. The Morgan fingerprint density at radius 3 is 2.71 bits per heavy atom. The third-order valence-electron chi connectivity index (χ3n) is 3.16. The molecule has 0 spiro atoms. The van der Waals surface area contributed by atoms with Gasteiger partial charge in [-0.25, -0.2) is 0 Å². The quantitative estimate of drug-likeness (QED) is 0.687. The lowest BCUT2D eigenvalue weighted by Crippen LogP contribution is -2.28. The average molecular weight is 197 g/mol. The molecule has 0 aromatic heterocycles. The van der Waals surface area contributed by atoms with Crippen molar-refractivity contribution in [3.8, 4) is 0 Å². The highest BCUT2D eigenvalue weighted by Gasteiger charge is 2.21. The van der Waals surface area contributed by atoms with Gasteiger partial charge >= 0.3 is 0 Å². The molecule has 14 heavy (non-hydrogen) atoms. The van der Waals surface area contributed by atoms with Gasteiger partial charge in [0.05, 0.1) is 6.10 Å². The minimum atomic E-state index is 0.331. The topological polar surface area (TPSA) is 29.5 Å². The molecule has 80 valence electrons. The maximum Gasteiger partial charge on any atom is 0.222 e. The number of amides is 1. The minimum absolute atomic E-state index is 0.331. The molecule has 2 fully saturated rings. The van der Waals surface area contributed by atoms with Crippen molar-refractivity contribution in [2.75, 3.05) is 19.7 Å². The number of carbonyl (C=O) groups is 1. The standard InChI is InChI=1S/C11H19NO2/c13-11(12-7-1-2-8-12)6-5-10-4-3-9-14-10/h10H,1-9H2. The number of nitrogens with zero attached hydrogens (tertiary/aromatic N) is 1. The van der Waals surface area contributed by atoms with Gasteiger partial charge in [-0.15, -0.1) is 0 Å².